The van der Waals surface area contributed by atoms with E-state index >= 15 is 0 Å². The fourth-order valence-corrected chi connectivity index (χ4v) is 3.10. The van der Waals surface area contributed by atoms with Crippen molar-refractivity contribution >= 4 is 17.7 Å². The van der Waals surface area contributed by atoms with Crippen molar-refractivity contribution in [3.05, 3.63) is 29.8 Å². The normalized spacial score (nSPS) is 13.8. The van der Waals surface area contributed by atoms with Crippen molar-refractivity contribution in [2.24, 2.45) is 0 Å². The van der Waals surface area contributed by atoms with Gasteiger partial charge in [0.15, 0.2) is 0 Å². The maximum Gasteiger partial charge on any atom is 0.220 e. The topological polar surface area (TPSA) is 49.3 Å². The number of aryl methyl sites for hydroxylation is 1. The molecule has 20 heavy (non-hydrogen) atoms. The fourth-order valence-electron chi connectivity index (χ4n) is 1.93. The van der Waals surface area contributed by atoms with Crippen molar-refractivity contribution in [2.45, 2.75) is 55.8 Å². The van der Waals surface area contributed by atoms with Gasteiger partial charge in [-0.2, -0.15) is 0 Å². The van der Waals surface area contributed by atoms with Crippen molar-refractivity contribution < 1.29 is 9.90 Å². The lowest BCUT2D eigenvalue weighted by Crippen LogP contribution is -2.30. The van der Waals surface area contributed by atoms with E-state index in [0.29, 0.717) is 6.42 Å². The molecule has 0 fully saturated rings. The molecule has 0 radical (unpaired) electrons. The Morgan fingerprint density at radius 1 is 1.35 bits per heavy atom. The number of hydrogen-bond acceptors (Lipinski definition) is 3. The van der Waals surface area contributed by atoms with Crippen molar-refractivity contribution in [3.63, 3.8) is 0 Å². The number of hydrogen-bond donors (Lipinski definition) is 2. The van der Waals surface area contributed by atoms with Gasteiger partial charge < -0.3 is 10.4 Å². The molecule has 0 saturated carbocycles. The molecule has 0 aliphatic carbocycles. The third-order valence-electron chi connectivity index (χ3n) is 3.26. The third kappa shape index (κ3) is 5.97. The van der Waals surface area contributed by atoms with Crippen LogP contribution in [0.15, 0.2) is 29.2 Å². The lowest BCUT2D eigenvalue weighted by Gasteiger charge is -2.22. The lowest BCUT2D eigenvalue weighted by atomic mass is 10.1. The smallest absolute Gasteiger partial charge is 0.220 e. The second-order valence-corrected chi connectivity index (χ2v) is 6.37. The molecule has 1 aromatic carbocycles. The Morgan fingerprint density at radius 3 is 2.55 bits per heavy atom. The van der Waals surface area contributed by atoms with Gasteiger partial charge in [-0.05, 0) is 25.5 Å². The van der Waals surface area contributed by atoms with E-state index in [9.17, 15) is 9.90 Å². The molecule has 0 saturated heterocycles. The summed E-state index contributed by atoms with van der Waals surface area (Å²) in [6.07, 6.45) is 2.69. The van der Waals surface area contributed by atoms with E-state index in [2.05, 4.69) is 24.4 Å². The number of unbranched alkanes of at least 4 members (excludes halogenated alkanes) is 1. The first kappa shape index (κ1) is 17.1. The number of carbonyl (C=O) groups excluding carboxylic acids is 1. The summed E-state index contributed by atoms with van der Waals surface area (Å²) >= 11 is 1.59. The van der Waals surface area contributed by atoms with Crippen LogP contribution in [0.25, 0.3) is 0 Å². The average molecular weight is 295 g/mol. The molecule has 0 spiro atoms. The Bertz CT molecular complexity index is 405. The van der Waals surface area contributed by atoms with Crippen LogP contribution in [0.1, 0.15) is 38.2 Å². The largest absolute Gasteiger partial charge is 0.392 e. The summed E-state index contributed by atoms with van der Waals surface area (Å²) in [5, 5.41) is 12.8. The summed E-state index contributed by atoms with van der Waals surface area (Å²) in [6.45, 7) is 4.15. The molecule has 1 amide bonds. The predicted molar refractivity (Wildman–Crippen MR) is 85.0 cm³/mol. The highest BCUT2D eigenvalue weighted by Gasteiger charge is 2.22. The maximum absolute atomic E-state index is 11.6. The molecule has 1 rings (SSSR count). The molecule has 3 nitrogen and oxygen atoms in total. The highest BCUT2D eigenvalue weighted by atomic mass is 32.2. The van der Waals surface area contributed by atoms with E-state index in [-0.39, 0.29) is 11.2 Å². The van der Waals surface area contributed by atoms with Gasteiger partial charge in [0, 0.05) is 23.6 Å². The molecule has 1 aromatic rings. The fraction of sp³-hybridized carbons (Fsp3) is 0.562. The number of rotatable bonds is 8. The molecule has 2 N–H and O–H groups in total. The predicted octanol–water partition coefficient (Wildman–Crippen LogP) is 3.14. The Balaban J connectivity index is 2.70. The van der Waals surface area contributed by atoms with Crippen molar-refractivity contribution in [1.29, 1.82) is 0 Å². The molecule has 0 unspecified atom stereocenters. The zero-order chi connectivity index (χ0) is 15.0. The first-order valence-electron chi connectivity index (χ1n) is 7.18. The first-order chi connectivity index (χ1) is 9.56. The number of amides is 1. The summed E-state index contributed by atoms with van der Waals surface area (Å²) < 4.78 is 0. The molecule has 2 atom stereocenters. The molecule has 0 aromatic heterocycles. The monoisotopic (exact) mass is 295 g/mol. The summed E-state index contributed by atoms with van der Waals surface area (Å²) in [6, 6.07) is 8.20. The van der Waals surface area contributed by atoms with Crippen LogP contribution in [0, 0.1) is 6.92 Å². The molecule has 0 bridgehead atoms. The minimum absolute atomic E-state index is 0.0230. The second-order valence-electron chi connectivity index (χ2n) is 5.06. The summed E-state index contributed by atoms with van der Waals surface area (Å²) in [5.41, 5.74) is 1.21. The van der Waals surface area contributed by atoms with Gasteiger partial charge in [-0.25, -0.2) is 0 Å². The van der Waals surface area contributed by atoms with Crippen LogP contribution in [0.5, 0.6) is 0 Å². The van der Waals surface area contributed by atoms with Gasteiger partial charge in [-0.1, -0.05) is 37.5 Å². The first-order valence-corrected chi connectivity index (χ1v) is 8.06. The Labute approximate surface area is 126 Å². The summed E-state index contributed by atoms with van der Waals surface area (Å²) in [7, 11) is 1.63. The zero-order valence-corrected chi connectivity index (χ0v) is 13.4. The molecular formula is C16H25NO2S. The van der Waals surface area contributed by atoms with Crippen LogP contribution in [-0.2, 0) is 4.79 Å². The number of carbonyl (C=O) groups is 1. The zero-order valence-electron chi connectivity index (χ0n) is 12.6. The van der Waals surface area contributed by atoms with Gasteiger partial charge in [0.1, 0.15) is 0 Å². The van der Waals surface area contributed by atoms with Crippen molar-refractivity contribution in [2.75, 3.05) is 7.05 Å². The van der Waals surface area contributed by atoms with E-state index in [4.69, 9.17) is 0 Å². The van der Waals surface area contributed by atoms with Gasteiger partial charge in [-0.15, -0.1) is 11.8 Å². The quantitative estimate of drug-likeness (QED) is 0.724. The molecule has 0 aliphatic heterocycles. The van der Waals surface area contributed by atoms with Crippen LogP contribution in [0.2, 0.25) is 0 Å². The number of aliphatic hydroxyl groups is 1. The molecule has 4 heteroatoms. The third-order valence-corrected chi connectivity index (χ3v) is 4.58. The summed E-state index contributed by atoms with van der Waals surface area (Å²) in [5.74, 6) is -0.0230. The van der Waals surface area contributed by atoms with Gasteiger partial charge in [-0.3, -0.25) is 4.79 Å². The van der Waals surface area contributed by atoms with Crippen LogP contribution < -0.4 is 5.32 Å². The number of nitrogens with one attached hydrogen (secondary N) is 1. The molecule has 0 aliphatic rings. The van der Waals surface area contributed by atoms with Crippen molar-refractivity contribution in [1.82, 2.24) is 5.32 Å². The lowest BCUT2D eigenvalue weighted by molar-refractivity contribution is -0.121. The Morgan fingerprint density at radius 2 is 2.00 bits per heavy atom. The number of aliphatic hydroxyl groups excluding tert-OH is 1. The van der Waals surface area contributed by atoms with E-state index in [0.717, 1.165) is 24.2 Å². The molecule has 112 valence electrons. The van der Waals surface area contributed by atoms with E-state index in [1.807, 2.05) is 19.1 Å². The minimum Gasteiger partial charge on any atom is -0.392 e. The maximum atomic E-state index is 11.6. The van der Waals surface area contributed by atoms with Crippen LogP contribution >= 0.6 is 11.8 Å². The Hall–Kier alpha value is -1.00. The highest BCUT2D eigenvalue weighted by molar-refractivity contribution is 8.00. The van der Waals surface area contributed by atoms with Crippen LogP contribution in [0.4, 0.5) is 0 Å². The van der Waals surface area contributed by atoms with E-state index in [1.165, 1.54) is 5.56 Å². The minimum atomic E-state index is -0.446. The molecular weight excluding hydrogens is 270 g/mol. The van der Waals surface area contributed by atoms with Crippen LogP contribution in [-0.4, -0.2) is 29.4 Å². The van der Waals surface area contributed by atoms with E-state index < -0.39 is 6.10 Å². The summed E-state index contributed by atoms with van der Waals surface area (Å²) in [4.78, 5) is 12.7. The van der Waals surface area contributed by atoms with Gasteiger partial charge in [0.25, 0.3) is 0 Å². The highest BCUT2D eigenvalue weighted by Crippen LogP contribution is 2.29. The van der Waals surface area contributed by atoms with Crippen molar-refractivity contribution in [3.8, 4) is 0 Å². The number of benzene rings is 1. The van der Waals surface area contributed by atoms with E-state index in [1.54, 1.807) is 18.8 Å². The average Bonchev–Trinajstić information content (AvgIpc) is 2.46. The van der Waals surface area contributed by atoms with Gasteiger partial charge >= 0.3 is 0 Å². The van der Waals surface area contributed by atoms with Gasteiger partial charge in [0.2, 0.25) is 5.91 Å². The molecule has 0 heterocycles. The SMILES string of the molecule is CCCC[C@H](O)[C@H](CC(=O)NC)Sc1ccc(C)cc1. The number of thioether (sulfide) groups is 1. The Kier molecular flexibility index (Phi) is 7.70. The standard InChI is InChI=1S/C16H25NO2S/c1-4-5-6-14(18)15(11-16(19)17-3)20-13-9-7-12(2)8-10-13/h7-10,14-15,18H,4-6,11H2,1-3H3,(H,17,19)/t14-,15-/m0/s1. The van der Waals surface area contributed by atoms with Gasteiger partial charge in [0.05, 0.1) is 6.10 Å². The second kappa shape index (κ2) is 9.03. The van der Waals surface area contributed by atoms with Crippen LogP contribution in [0.3, 0.4) is 0 Å².